The molecule has 0 saturated carbocycles. The molecule has 13 heteroatoms. The normalized spacial score (nSPS) is 23.8. The van der Waals surface area contributed by atoms with Gasteiger partial charge in [0.2, 0.25) is 19.1 Å². The number of aliphatic hydroxyl groups is 1. The second-order valence-electron chi connectivity index (χ2n) is 6.37. The summed E-state index contributed by atoms with van der Waals surface area (Å²) in [7, 11) is -2.56. The number of carbonyl (C=O) groups is 1. The summed E-state index contributed by atoms with van der Waals surface area (Å²) in [5.41, 5.74) is -0.325. The number of nitrogens with one attached hydrogen (secondary N) is 2. The molecule has 0 spiro atoms. The van der Waals surface area contributed by atoms with Crippen molar-refractivity contribution in [3.05, 3.63) is 16.7 Å². The highest BCUT2D eigenvalue weighted by atomic mass is 32.7. The lowest BCUT2D eigenvalue weighted by Gasteiger charge is -2.19. The maximum absolute atomic E-state index is 12.3. The van der Waals surface area contributed by atoms with E-state index >= 15 is 0 Å². The minimum Gasteiger partial charge on any atom is -0.394 e. The van der Waals surface area contributed by atoms with Crippen molar-refractivity contribution >= 4 is 42.5 Å². The molecule has 3 heterocycles. The zero-order valence-electron chi connectivity index (χ0n) is 14.6. The van der Waals surface area contributed by atoms with Gasteiger partial charge in [-0.1, -0.05) is 26.1 Å². The van der Waals surface area contributed by atoms with Crippen molar-refractivity contribution in [3.63, 3.8) is 0 Å². The average Bonchev–Trinajstić information content (AvgIpc) is 3.18. The Morgan fingerprint density at radius 2 is 2.37 bits per heavy atom. The molecule has 1 unspecified atom stereocenters. The first kappa shape index (κ1) is 20.0. The molecule has 1 amide bonds. The van der Waals surface area contributed by atoms with Gasteiger partial charge >= 0.3 is 0 Å². The van der Waals surface area contributed by atoms with Gasteiger partial charge in [0, 0.05) is 12.3 Å². The highest BCUT2D eigenvalue weighted by Crippen LogP contribution is 2.40. The summed E-state index contributed by atoms with van der Waals surface area (Å²) < 4.78 is 23.9. The fourth-order valence-corrected chi connectivity index (χ4v) is 3.62. The fraction of sp³-hybridized carbons (Fsp3) is 0.571. The molecular formula is C14H20N5O6PS. The summed E-state index contributed by atoms with van der Waals surface area (Å²) in [6, 6.07) is 0. The van der Waals surface area contributed by atoms with Crippen LogP contribution in [0.2, 0.25) is 0 Å². The number of rotatable bonds is 6. The predicted octanol–water partition coefficient (Wildman–Crippen LogP) is 0.699. The van der Waals surface area contributed by atoms with Crippen LogP contribution >= 0.6 is 19.5 Å². The molecule has 0 radical (unpaired) electrons. The van der Waals surface area contributed by atoms with Crippen LogP contribution in [-0.2, 0) is 18.6 Å². The van der Waals surface area contributed by atoms with Gasteiger partial charge in [-0.05, 0) is 0 Å². The second kappa shape index (κ2) is 8.11. The molecule has 4 atom stereocenters. The third-order valence-corrected chi connectivity index (χ3v) is 4.89. The summed E-state index contributed by atoms with van der Waals surface area (Å²) in [5.74, 6) is -0.633. The minimum atomic E-state index is -2.56. The van der Waals surface area contributed by atoms with E-state index in [4.69, 9.17) is 9.26 Å². The van der Waals surface area contributed by atoms with Gasteiger partial charge in [-0.25, -0.2) is 4.98 Å². The zero-order valence-corrected chi connectivity index (χ0v) is 16.5. The molecule has 1 saturated heterocycles. The largest absolute Gasteiger partial charge is 0.394 e. The fourth-order valence-electron chi connectivity index (χ4n) is 2.75. The summed E-state index contributed by atoms with van der Waals surface area (Å²) >= 11 is 3.80. The molecule has 27 heavy (non-hydrogen) atoms. The minimum absolute atomic E-state index is 0.0232. The lowest BCUT2D eigenvalue weighted by atomic mass is 10.2. The standard InChI is InChI=1S/C14H20N5O6PS/c1-6(2)11(21)17-14-16-10-9(12(22)18-14)15-5-19(10)13-8(25-26(23)27)3-7(4-20)24-13/h5-8,13,20,26H,3-4H2,1-2H3,(H,23,27)(H2,16,17,18,21,22)/t7-,8+,13+/m0/s1. The highest BCUT2D eigenvalue weighted by molar-refractivity contribution is 8.39. The Labute approximate surface area is 159 Å². The van der Waals surface area contributed by atoms with Crippen molar-refractivity contribution in [2.75, 3.05) is 11.9 Å². The second-order valence-corrected chi connectivity index (χ2v) is 8.23. The molecule has 3 N–H and O–H groups in total. The quantitative estimate of drug-likeness (QED) is 0.396. The van der Waals surface area contributed by atoms with Crippen LogP contribution < -0.4 is 10.9 Å². The van der Waals surface area contributed by atoms with E-state index in [9.17, 15) is 19.3 Å². The van der Waals surface area contributed by atoms with E-state index in [0.717, 1.165) is 0 Å². The number of fused-ring (bicyclic) bond motifs is 1. The van der Waals surface area contributed by atoms with Gasteiger partial charge in [0.25, 0.3) is 5.56 Å². The molecule has 0 aliphatic carbocycles. The Balaban J connectivity index is 2.01. The zero-order chi connectivity index (χ0) is 19.7. The van der Waals surface area contributed by atoms with Gasteiger partial charge in [-0.15, -0.1) is 0 Å². The number of ether oxygens (including phenoxy) is 1. The van der Waals surface area contributed by atoms with E-state index in [1.165, 1.54) is 10.9 Å². The summed E-state index contributed by atoms with van der Waals surface area (Å²) in [5, 5.41) is 11.9. The van der Waals surface area contributed by atoms with Gasteiger partial charge in [0.15, 0.2) is 17.4 Å². The first-order valence-corrected chi connectivity index (χ1v) is 10.8. The summed E-state index contributed by atoms with van der Waals surface area (Å²) in [4.78, 5) is 34.9. The molecule has 11 nitrogen and oxygen atoms in total. The van der Waals surface area contributed by atoms with Gasteiger partial charge in [0.05, 0.1) is 19.0 Å². The Morgan fingerprint density at radius 1 is 1.63 bits per heavy atom. The van der Waals surface area contributed by atoms with Gasteiger partial charge in [0.1, 0.15) is 6.10 Å². The predicted molar refractivity (Wildman–Crippen MR) is 100 cm³/mol. The Bertz CT molecular complexity index is 930. The third-order valence-electron chi connectivity index (χ3n) is 4.07. The van der Waals surface area contributed by atoms with Crippen molar-refractivity contribution < 1.29 is 23.7 Å². The number of carbonyl (C=O) groups excluding carboxylic acids is 1. The first-order chi connectivity index (χ1) is 12.8. The van der Waals surface area contributed by atoms with Crippen molar-refractivity contribution in [3.8, 4) is 0 Å². The number of nitrogens with zero attached hydrogens (tertiary/aromatic N) is 3. The number of aliphatic hydroxyl groups excluding tert-OH is 1. The summed E-state index contributed by atoms with van der Waals surface area (Å²) in [6.07, 6.45) is -0.376. The highest BCUT2D eigenvalue weighted by Gasteiger charge is 2.39. The van der Waals surface area contributed by atoms with Crippen molar-refractivity contribution in [2.24, 2.45) is 5.92 Å². The molecule has 3 rings (SSSR count). The van der Waals surface area contributed by atoms with Crippen LogP contribution in [0.15, 0.2) is 11.1 Å². The number of H-pyrrole nitrogens is 1. The topological polar surface area (TPSA) is 148 Å². The molecule has 1 fully saturated rings. The monoisotopic (exact) mass is 417 g/mol. The van der Waals surface area contributed by atoms with E-state index in [0.29, 0.717) is 0 Å². The van der Waals surface area contributed by atoms with Crippen LogP contribution in [0.5, 0.6) is 0 Å². The number of amides is 1. The molecular weight excluding hydrogens is 397 g/mol. The van der Waals surface area contributed by atoms with E-state index in [1.54, 1.807) is 13.8 Å². The van der Waals surface area contributed by atoms with Gasteiger partial charge in [-0.2, -0.15) is 4.98 Å². The molecule has 148 valence electrons. The van der Waals surface area contributed by atoms with Gasteiger partial charge < -0.3 is 14.4 Å². The number of hydrogen-bond donors (Lipinski definition) is 4. The van der Waals surface area contributed by atoms with Crippen LogP contribution in [-0.4, -0.2) is 49.3 Å². The van der Waals surface area contributed by atoms with Crippen LogP contribution in [0.25, 0.3) is 11.2 Å². The molecule has 0 bridgehead atoms. The maximum Gasteiger partial charge on any atom is 0.280 e. The van der Waals surface area contributed by atoms with E-state index in [1.807, 2.05) is 0 Å². The maximum atomic E-state index is 12.3. The van der Waals surface area contributed by atoms with Crippen LogP contribution in [0.3, 0.4) is 0 Å². The average molecular weight is 417 g/mol. The van der Waals surface area contributed by atoms with Crippen molar-refractivity contribution in [1.82, 2.24) is 19.5 Å². The smallest absolute Gasteiger partial charge is 0.280 e. The SMILES string of the molecule is CC(C)C(=O)Nc1nc2c(ncn2[C@@H]2O[C@H](CO)C[C@H]2O[PH](=O)S)c(=O)[nH]1. The van der Waals surface area contributed by atoms with Crippen LogP contribution in [0.1, 0.15) is 26.5 Å². The number of hydrogen-bond acceptors (Lipinski definition) is 8. The van der Waals surface area contributed by atoms with E-state index in [-0.39, 0.29) is 42.0 Å². The van der Waals surface area contributed by atoms with Crippen LogP contribution in [0, 0.1) is 5.92 Å². The van der Waals surface area contributed by atoms with Crippen LogP contribution in [0.4, 0.5) is 5.95 Å². The molecule has 0 aromatic carbocycles. The number of imidazole rings is 1. The Kier molecular flexibility index (Phi) is 6.02. The Hall–Kier alpha value is -1.72. The number of aromatic nitrogens is 4. The van der Waals surface area contributed by atoms with Crippen molar-refractivity contribution in [2.45, 2.75) is 38.7 Å². The first-order valence-electron chi connectivity index (χ1n) is 8.23. The molecule has 1 aliphatic rings. The molecule has 1 aliphatic heterocycles. The number of anilines is 1. The lowest BCUT2D eigenvalue weighted by Crippen LogP contribution is -2.24. The number of aromatic amines is 1. The van der Waals surface area contributed by atoms with E-state index < -0.39 is 31.2 Å². The van der Waals surface area contributed by atoms with Crippen molar-refractivity contribution in [1.29, 1.82) is 0 Å². The van der Waals surface area contributed by atoms with Gasteiger partial charge in [-0.3, -0.25) is 29.0 Å². The third kappa shape index (κ3) is 4.25. The lowest BCUT2D eigenvalue weighted by molar-refractivity contribution is -0.118. The Morgan fingerprint density at radius 3 is 3.00 bits per heavy atom. The molecule has 2 aromatic rings. The summed E-state index contributed by atoms with van der Waals surface area (Å²) in [6.45, 7) is 3.17. The number of thiol groups is 1. The molecule has 2 aromatic heterocycles. The van der Waals surface area contributed by atoms with E-state index in [2.05, 4.69) is 32.5 Å².